The largest absolute Gasteiger partial charge is 0.336 e. The third-order valence-corrected chi connectivity index (χ3v) is 2.46. The average molecular weight is 251 g/mol. The Kier molecular flexibility index (Phi) is 3.08. The number of aromatic amines is 3. The standard InChI is InChI=1S/C11H17N5O2/c1-11(2,3)12-5-4-6-13-7-8(14-6)15-10(18)16-9(7)17/h12H,4-5H2,1-3H3,(H3,13,14,15,16,17,18). The Bertz CT molecular complexity index is 658. The first-order chi connectivity index (χ1) is 8.35. The predicted molar refractivity (Wildman–Crippen MR) is 68.8 cm³/mol. The molecule has 0 saturated heterocycles. The van der Waals surface area contributed by atoms with Crippen LogP contribution in [0.25, 0.3) is 11.2 Å². The molecule has 0 fully saturated rings. The van der Waals surface area contributed by atoms with Crippen molar-refractivity contribution in [2.24, 2.45) is 0 Å². The van der Waals surface area contributed by atoms with E-state index in [0.29, 0.717) is 23.4 Å². The fourth-order valence-electron chi connectivity index (χ4n) is 1.66. The molecule has 0 saturated carbocycles. The zero-order valence-electron chi connectivity index (χ0n) is 10.7. The van der Waals surface area contributed by atoms with Gasteiger partial charge in [0.05, 0.1) is 0 Å². The third-order valence-electron chi connectivity index (χ3n) is 2.46. The lowest BCUT2D eigenvalue weighted by atomic mass is 10.1. The van der Waals surface area contributed by atoms with E-state index in [-0.39, 0.29) is 5.54 Å². The molecule has 0 bridgehead atoms. The molecule has 0 spiro atoms. The van der Waals surface area contributed by atoms with Gasteiger partial charge in [0.2, 0.25) is 0 Å². The molecule has 0 aromatic carbocycles. The van der Waals surface area contributed by atoms with Crippen LogP contribution in [0.15, 0.2) is 9.59 Å². The summed E-state index contributed by atoms with van der Waals surface area (Å²) in [5, 5.41) is 3.32. The number of imidazole rings is 1. The molecule has 7 nitrogen and oxygen atoms in total. The van der Waals surface area contributed by atoms with Crippen molar-refractivity contribution in [1.82, 2.24) is 25.3 Å². The van der Waals surface area contributed by atoms with Gasteiger partial charge in [0.1, 0.15) is 11.3 Å². The van der Waals surface area contributed by atoms with Gasteiger partial charge in [-0.1, -0.05) is 0 Å². The molecular weight excluding hydrogens is 234 g/mol. The van der Waals surface area contributed by atoms with Crippen LogP contribution in [0.3, 0.4) is 0 Å². The van der Waals surface area contributed by atoms with Gasteiger partial charge >= 0.3 is 5.69 Å². The third kappa shape index (κ3) is 2.86. The van der Waals surface area contributed by atoms with Crippen molar-refractivity contribution >= 4 is 11.2 Å². The number of fused-ring (bicyclic) bond motifs is 1. The van der Waals surface area contributed by atoms with Gasteiger partial charge in [-0.15, -0.1) is 0 Å². The summed E-state index contributed by atoms with van der Waals surface area (Å²) in [6.45, 7) is 6.97. The zero-order valence-corrected chi connectivity index (χ0v) is 10.7. The molecule has 0 amide bonds. The van der Waals surface area contributed by atoms with Gasteiger partial charge < -0.3 is 10.3 Å². The van der Waals surface area contributed by atoms with Crippen molar-refractivity contribution in [3.63, 3.8) is 0 Å². The van der Waals surface area contributed by atoms with Gasteiger partial charge in [0, 0.05) is 18.5 Å². The van der Waals surface area contributed by atoms with Crippen LogP contribution in [0.2, 0.25) is 0 Å². The smallest absolute Gasteiger partial charge is 0.327 e. The lowest BCUT2D eigenvalue weighted by Crippen LogP contribution is -2.37. The SMILES string of the molecule is CC(C)(C)NCCc1nc2[nH]c(=O)[nH]c(=O)c2[nH]1. The molecule has 0 atom stereocenters. The van der Waals surface area contributed by atoms with Crippen LogP contribution in [0, 0.1) is 0 Å². The van der Waals surface area contributed by atoms with E-state index in [4.69, 9.17) is 0 Å². The Labute approximate surface area is 103 Å². The fraction of sp³-hybridized carbons (Fsp3) is 0.545. The molecule has 0 aliphatic carbocycles. The molecular formula is C11H17N5O2. The number of hydrogen-bond acceptors (Lipinski definition) is 4. The second-order valence-corrected chi connectivity index (χ2v) is 5.24. The molecule has 0 radical (unpaired) electrons. The molecule has 7 heteroatoms. The highest BCUT2D eigenvalue weighted by atomic mass is 16.2. The first-order valence-electron chi connectivity index (χ1n) is 5.81. The van der Waals surface area contributed by atoms with Crippen LogP contribution in [0.5, 0.6) is 0 Å². The van der Waals surface area contributed by atoms with Crippen LogP contribution in [0.4, 0.5) is 0 Å². The van der Waals surface area contributed by atoms with E-state index >= 15 is 0 Å². The fourth-order valence-corrected chi connectivity index (χ4v) is 1.66. The summed E-state index contributed by atoms with van der Waals surface area (Å²) < 4.78 is 0. The van der Waals surface area contributed by atoms with Crippen LogP contribution < -0.4 is 16.6 Å². The Balaban J connectivity index is 2.18. The molecule has 4 N–H and O–H groups in total. The number of aromatic nitrogens is 4. The lowest BCUT2D eigenvalue weighted by Gasteiger charge is -2.19. The van der Waals surface area contributed by atoms with Crippen molar-refractivity contribution in [3.05, 3.63) is 26.7 Å². The minimum absolute atomic E-state index is 0.0395. The van der Waals surface area contributed by atoms with Gasteiger partial charge in [-0.3, -0.25) is 14.8 Å². The van der Waals surface area contributed by atoms with Gasteiger partial charge in [0.15, 0.2) is 5.65 Å². The maximum absolute atomic E-state index is 11.5. The van der Waals surface area contributed by atoms with Gasteiger partial charge in [-0.2, -0.15) is 0 Å². The second-order valence-electron chi connectivity index (χ2n) is 5.24. The van der Waals surface area contributed by atoms with Crippen LogP contribution in [-0.4, -0.2) is 32.0 Å². The van der Waals surface area contributed by atoms with Gasteiger partial charge in [-0.05, 0) is 20.8 Å². The maximum Gasteiger partial charge on any atom is 0.327 e. The van der Waals surface area contributed by atoms with Gasteiger partial charge in [-0.25, -0.2) is 9.78 Å². The van der Waals surface area contributed by atoms with E-state index in [2.05, 4.69) is 46.0 Å². The predicted octanol–water partition coefficient (Wildman–Crippen LogP) is -0.130. The van der Waals surface area contributed by atoms with Crippen molar-refractivity contribution in [2.75, 3.05) is 6.54 Å². The summed E-state index contributed by atoms with van der Waals surface area (Å²) >= 11 is 0. The summed E-state index contributed by atoms with van der Waals surface area (Å²) in [4.78, 5) is 34.3. The van der Waals surface area contributed by atoms with E-state index in [1.807, 2.05) is 0 Å². The Morgan fingerprint density at radius 3 is 2.56 bits per heavy atom. The van der Waals surface area contributed by atoms with E-state index in [0.717, 1.165) is 6.54 Å². The molecule has 2 heterocycles. The topological polar surface area (TPSA) is 106 Å². The van der Waals surface area contributed by atoms with Crippen molar-refractivity contribution in [2.45, 2.75) is 32.7 Å². The number of H-pyrrole nitrogens is 3. The van der Waals surface area contributed by atoms with E-state index in [9.17, 15) is 9.59 Å². The molecule has 2 aromatic heterocycles. The zero-order chi connectivity index (χ0) is 13.3. The van der Waals surface area contributed by atoms with Crippen LogP contribution in [0.1, 0.15) is 26.6 Å². The number of hydrogen-bond donors (Lipinski definition) is 4. The first kappa shape index (κ1) is 12.6. The molecule has 0 unspecified atom stereocenters. The highest BCUT2D eigenvalue weighted by molar-refractivity contribution is 5.68. The van der Waals surface area contributed by atoms with Crippen molar-refractivity contribution in [3.8, 4) is 0 Å². The summed E-state index contributed by atoms with van der Waals surface area (Å²) in [6, 6.07) is 0. The summed E-state index contributed by atoms with van der Waals surface area (Å²) in [5.74, 6) is 0.675. The minimum Gasteiger partial charge on any atom is -0.336 e. The Morgan fingerprint density at radius 2 is 1.89 bits per heavy atom. The summed E-state index contributed by atoms with van der Waals surface area (Å²) in [6.07, 6.45) is 0.660. The van der Waals surface area contributed by atoms with E-state index < -0.39 is 11.2 Å². The average Bonchev–Trinajstić information content (AvgIpc) is 2.58. The normalized spacial score (nSPS) is 12.2. The highest BCUT2D eigenvalue weighted by Crippen LogP contribution is 2.03. The Morgan fingerprint density at radius 1 is 1.17 bits per heavy atom. The van der Waals surface area contributed by atoms with Gasteiger partial charge in [0.25, 0.3) is 5.56 Å². The van der Waals surface area contributed by atoms with Crippen molar-refractivity contribution in [1.29, 1.82) is 0 Å². The van der Waals surface area contributed by atoms with E-state index in [1.165, 1.54) is 0 Å². The Hall–Kier alpha value is -1.89. The highest BCUT2D eigenvalue weighted by Gasteiger charge is 2.10. The quantitative estimate of drug-likeness (QED) is 0.609. The molecule has 0 aliphatic rings. The van der Waals surface area contributed by atoms with Crippen LogP contribution in [-0.2, 0) is 6.42 Å². The lowest BCUT2D eigenvalue weighted by molar-refractivity contribution is 0.428. The van der Waals surface area contributed by atoms with E-state index in [1.54, 1.807) is 0 Å². The first-order valence-corrected chi connectivity index (χ1v) is 5.81. The molecule has 2 aromatic rings. The number of nitrogens with zero attached hydrogens (tertiary/aromatic N) is 1. The number of nitrogens with one attached hydrogen (secondary N) is 4. The minimum atomic E-state index is -0.543. The number of rotatable bonds is 3. The summed E-state index contributed by atoms with van der Waals surface area (Å²) in [5.41, 5.74) is -0.345. The van der Waals surface area contributed by atoms with Crippen molar-refractivity contribution < 1.29 is 0 Å². The molecule has 0 aliphatic heterocycles. The molecule has 2 rings (SSSR count). The molecule has 98 valence electrons. The maximum atomic E-state index is 11.5. The summed E-state index contributed by atoms with van der Waals surface area (Å²) in [7, 11) is 0. The monoisotopic (exact) mass is 251 g/mol. The molecule has 18 heavy (non-hydrogen) atoms. The van der Waals surface area contributed by atoms with Crippen LogP contribution >= 0.6 is 0 Å². The second kappa shape index (κ2) is 4.41.